The molecule has 0 fully saturated rings. The number of nitrogens with one attached hydrogen (secondary N) is 1. The average Bonchev–Trinajstić information content (AvgIpc) is 2.06. The molecule has 0 aromatic heterocycles. The average molecular weight is 173 g/mol. The van der Waals surface area contributed by atoms with Gasteiger partial charge in [0, 0.05) is 6.61 Å². The summed E-state index contributed by atoms with van der Waals surface area (Å²) < 4.78 is 5.09. The van der Waals surface area contributed by atoms with Gasteiger partial charge >= 0.3 is 0 Å². The van der Waals surface area contributed by atoms with E-state index in [1.807, 2.05) is 6.92 Å². The zero-order chi connectivity index (χ0) is 9.23. The largest absolute Gasteiger partial charge is 0.374 e. The summed E-state index contributed by atoms with van der Waals surface area (Å²) in [7, 11) is 0. The van der Waals surface area contributed by atoms with Crippen molar-refractivity contribution >= 4 is 5.78 Å². The minimum absolute atomic E-state index is 0.136. The standard InChI is InChI=1S/C9H19NO2/c1-3-5-10-7-9(11)8-12-6-4-2/h10H,3-8H2,1-2H3. The van der Waals surface area contributed by atoms with E-state index in [1.54, 1.807) is 0 Å². The maximum atomic E-state index is 11.0. The number of ketones is 1. The van der Waals surface area contributed by atoms with Gasteiger partial charge in [-0.25, -0.2) is 0 Å². The van der Waals surface area contributed by atoms with Crippen molar-refractivity contribution < 1.29 is 9.53 Å². The van der Waals surface area contributed by atoms with Gasteiger partial charge < -0.3 is 10.1 Å². The number of hydrogen-bond donors (Lipinski definition) is 1. The van der Waals surface area contributed by atoms with E-state index in [0.29, 0.717) is 13.2 Å². The normalized spacial score (nSPS) is 10.2. The highest BCUT2D eigenvalue weighted by Gasteiger charge is 1.99. The van der Waals surface area contributed by atoms with Crippen LogP contribution >= 0.6 is 0 Å². The van der Waals surface area contributed by atoms with Crippen LogP contribution in [0.5, 0.6) is 0 Å². The van der Waals surface area contributed by atoms with Gasteiger partial charge in [-0.3, -0.25) is 4.79 Å². The number of Topliss-reactive ketones (excluding diaryl/α,β-unsaturated/α-hetero) is 1. The van der Waals surface area contributed by atoms with Crippen LogP contribution in [-0.4, -0.2) is 32.1 Å². The molecule has 0 heterocycles. The third-order valence-electron chi connectivity index (χ3n) is 1.36. The highest BCUT2D eigenvalue weighted by molar-refractivity contribution is 5.81. The first-order valence-electron chi connectivity index (χ1n) is 4.61. The summed E-state index contributed by atoms with van der Waals surface area (Å²) >= 11 is 0. The van der Waals surface area contributed by atoms with Crippen molar-refractivity contribution in [2.45, 2.75) is 26.7 Å². The van der Waals surface area contributed by atoms with Crippen LogP contribution < -0.4 is 5.32 Å². The Morgan fingerprint density at radius 3 is 2.67 bits per heavy atom. The molecule has 0 saturated carbocycles. The van der Waals surface area contributed by atoms with Gasteiger partial charge in [-0.2, -0.15) is 0 Å². The van der Waals surface area contributed by atoms with Crippen LogP contribution in [0.15, 0.2) is 0 Å². The first-order valence-corrected chi connectivity index (χ1v) is 4.61. The summed E-state index contributed by atoms with van der Waals surface area (Å²) in [4.78, 5) is 11.0. The first kappa shape index (κ1) is 11.6. The fourth-order valence-corrected chi connectivity index (χ4v) is 0.786. The fourth-order valence-electron chi connectivity index (χ4n) is 0.786. The number of rotatable bonds is 8. The second kappa shape index (κ2) is 8.68. The lowest BCUT2D eigenvalue weighted by molar-refractivity contribution is -0.122. The molecule has 0 unspecified atom stereocenters. The SMILES string of the molecule is CCCNCC(=O)COCCC. The molecule has 0 aliphatic heterocycles. The summed E-state index contributed by atoms with van der Waals surface area (Å²) in [6, 6.07) is 0. The van der Waals surface area contributed by atoms with Crippen molar-refractivity contribution in [3.63, 3.8) is 0 Å². The molecule has 12 heavy (non-hydrogen) atoms. The van der Waals surface area contributed by atoms with E-state index in [9.17, 15) is 4.79 Å². The molecule has 0 aromatic rings. The number of hydrogen-bond acceptors (Lipinski definition) is 3. The number of ether oxygens (including phenoxy) is 1. The van der Waals surface area contributed by atoms with E-state index in [0.717, 1.165) is 19.4 Å². The quantitative estimate of drug-likeness (QED) is 0.556. The lowest BCUT2D eigenvalue weighted by atomic mass is 10.4. The molecule has 0 aliphatic rings. The van der Waals surface area contributed by atoms with Gasteiger partial charge in [0.15, 0.2) is 5.78 Å². The number of carbonyl (C=O) groups excluding carboxylic acids is 1. The summed E-state index contributed by atoms with van der Waals surface area (Å²) in [5.41, 5.74) is 0. The number of carbonyl (C=O) groups is 1. The summed E-state index contributed by atoms with van der Waals surface area (Å²) in [5, 5.41) is 3.03. The van der Waals surface area contributed by atoms with Gasteiger partial charge in [-0.15, -0.1) is 0 Å². The molecule has 0 bridgehead atoms. The van der Waals surface area contributed by atoms with E-state index < -0.39 is 0 Å². The highest BCUT2D eigenvalue weighted by atomic mass is 16.5. The fraction of sp³-hybridized carbons (Fsp3) is 0.889. The molecule has 0 amide bonds. The maximum absolute atomic E-state index is 11.0. The monoisotopic (exact) mass is 173 g/mol. The van der Waals surface area contributed by atoms with E-state index in [2.05, 4.69) is 12.2 Å². The van der Waals surface area contributed by atoms with E-state index in [-0.39, 0.29) is 12.4 Å². The summed E-state index contributed by atoms with van der Waals surface area (Å²) in [6.45, 7) is 6.38. The van der Waals surface area contributed by atoms with Gasteiger partial charge in [0.05, 0.1) is 6.54 Å². The van der Waals surface area contributed by atoms with Gasteiger partial charge in [-0.1, -0.05) is 13.8 Å². The topological polar surface area (TPSA) is 38.3 Å². The van der Waals surface area contributed by atoms with Crippen molar-refractivity contribution in [2.75, 3.05) is 26.3 Å². The lowest BCUT2D eigenvalue weighted by Crippen LogP contribution is -2.26. The van der Waals surface area contributed by atoms with Crippen molar-refractivity contribution in [3.05, 3.63) is 0 Å². The Morgan fingerprint density at radius 2 is 2.08 bits per heavy atom. The minimum Gasteiger partial charge on any atom is -0.374 e. The maximum Gasteiger partial charge on any atom is 0.172 e. The van der Waals surface area contributed by atoms with Crippen LogP contribution in [-0.2, 0) is 9.53 Å². The van der Waals surface area contributed by atoms with E-state index in [4.69, 9.17) is 4.74 Å². The molecule has 0 saturated heterocycles. The molecule has 0 spiro atoms. The summed E-state index contributed by atoms with van der Waals surface area (Å²) in [5.74, 6) is 0.136. The Hall–Kier alpha value is -0.410. The Morgan fingerprint density at radius 1 is 1.33 bits per heavy atom. The zero-order valence-corrected chi connectivity index (χ0v) is 8.06. The van der Waals surface area contributed by atoms with Crippen LogP contribution in [0.25, 0.3) is 0 Å². The predicted molar refractivity (Wildman–Crippen MR) is 49.3 cm³/mol. The molecule has 0 rings (SSSR count). The molecular formula is C9H19NO2. The molecule has 0 atom stereocenters. The Balaban J connectivity index is 3.10. The third-order valence-corrected chi connectivity index (χ3v) is 1.36. The van der Waals surface area contributed by atoms with Crippen LogP contribution in [0, 0.1) is 0 Å². The van der Waals surface area contributed by atoms with E-state index >= 15 is 0 Å². The van der Waals surface area contributed by atoms with Gasteiger partial charge in [-0.05, 0) is 19.4 Å². The Kier molecular flexibility index (Phi) is 8.39. The van der Waals surface area contributed by atoms with Gasteiger partial charge in [0.1, 0.15) is 6.61 Å². The van der Waals surface area contributed by atoms with Crippen molar-refractivity contribution in [3.8, 4) is 0 Å². The van der Waals surface area contributed by atoms with Crippen LogP contribution in [0.3, 0.4) is 0 Å². The molecule has 72 valence electrons. The molecule has 0 aliphatic carbocycles. The van der Waals surface area contributed by atoms with Crippen LogP contribution in [0.4, 0.5) is 0 Å². The highest BCUT2D eigenvalue weighted by Crippen LogP contribution is 1.81. The third kappa shape index (κ3) is 7.69. The van der Waals surface area contributed by atoms with Crippen LogP contribution in [0.1, 0.15) is 26.7 Å². The lowest BCUT2D eigenvalue weighted by Gasteiger charge is -2.02. The molecular weight excluding hydrogens is 154 g/mol. The van der Waals surface area contributed by atoms with Crippen molar-refractivity contribution in [2.24, 2.45) is 0 Å². The smallest absolute Gasteiger partial charge is 0.172 e. The molecule has 1 N–H and O–H groups in total. The molecule has 0 aromatic carbocycles. The molecule has 3 heteroatoms. The van der Waals surface area contributed by atoms with E-state index in [1.165, 1.54) is 0 Å². The Labute approximate surface area is 74.5 Å². The zero-order valence-electron chi connectivity index (χ0n) is 8.06. The predicted octanol–water partition coefficient (Wildman–Crippen LogP) is 0.982. The minimum atomic E-state index is 0.136. The van der Waals surface area contributed by atoms with Crippen molar-refractivity contribution in [1.82, 2.24) is 5.32 Å². The first-order chi connectivity index (χ1) is 5.81. The van der Waals surface area contributed by atoms with Crippen LogP contribution in [0.2, 0.25) is 0 Å². The Bertz CT molecular complexity index is 103. The van der Waals surface area contributed by atoms with Crippen molar-refractivity contribution in [1.29, 1.82) is 0 Å². The summed E-state index contributed by atoms with van der Waals surface area (Å²) in [6.07, 6.45) is 2.03. The molecule has 0 radical (unpaired) electrons. The molecule has 3 nitrogen and oxygen atoms in total. The van der Waals surface area contributed by atoms with Gasteiger partial charge in [0.2, 0.25) is 0 Å². The van der Waals surface area contributed by atoms with Gasteiger partial charge in [0.25, 0.3) is 0 Å². The second-order valence-electron chi connectivity index (χ2n) is 2.77. The second-order valence-corrected chi connectivity index (χ2v) is 2.77.